The van der Waals surface area contributed by atoms with E-state index in [-0.39, 0.29) is 5.91 Å². The third kappa shape index (κ3) is 5.85. The highest BCUT2D eigenvalue weighted by molar-refractivity contribution is 5.78. The Morgan fingerprint density at radius 2 is 2.18 bits per heavy atom. The number of carbonyl (C=O) groups is 1. The zero-order valence-electron chi connectivity index (χ0n) is 7.61. The van der Waals surface area contributed by atoms with Crippen molar-refractivity contribution in [3.05, 3.63) is 0 Å². The van der Waals surface area contributed by atoms with Gasteiger partial charge in [0.15, 0.2) is 0 Å². The molecule has 0 bridgehead atoms. The summed E-state index contributed by atoms with van der Waals surface area (Å²) < 4.78 is 0. The van der Waals surface area contributed by atoms with Gasteiger partial charge in [-0.3, -0.25) is 4.79 Å². The maximum Gasteiger partial charge on any atom is 0.234 e. The number of amides is 1. The highest BCUT2D eigenvalue weighted by Gasteiger charge is 2.03. The van der Waals surface area contributed by atoms with Crippen molar-refractivity contribution in [3.8, 4) is 0 Å². The van der Waals surface area contributed by atoms with E-state index in [1.54, 1.807) is 7.05 Å². The van der Waals surface area contributed by atoms with Crippen molar-refractivity contribution < 1.29 is 4.79 Å². The third-order valence-electron chi connectivity index (χ3n) is 1.47. The Bertz CT molecular complexity index is 115. The van der Waals surface area contributed by atoms with Crippen molar-refractivity contribution in [1.29, 1.82) is 0 Å². The second-order valence-electron chi connectivity index (χ2n) is 2.79. The Balaban J connectivity index is 3.40. The fourth-order valence-electron chi connectivity index (χ4n) is 0.992. The van der Waals surface area contributed by atoms with Crippen LogP contribution in [0.25, 0.3) is 0 Å². The highest BCUT2D eigenvalue weighted by atomic mass is 16.1. The number of likely N-dealkylation sites (N-methyl/N-ethyl adjacent to an activating group) is 1. The first-order valence-electron chi connectivity index (χ1n) is 4.14. The van der Waals surface area contributed by atoms with E-state index in [1.807, 2.05) is 6.92 Å². The molecule has 0 aromatic heterocycles. The van der Waals surface area contributed by atoms with Crippen LogP contribution < -0.4 is 10.6 Å². The molecule has 0 aromatic carbocycles. The zero-order valence-corrected chi connectivity index (χ0v) is 7.61. The monoisotopic (exact) mass is 158 g/mol. The molecule has 3 nitrogen and oxygen atoms in total. The molecule has 0 radical (unpaired) electrons. The van der Waals surface area contributed by atoms with Crippen LogP contribution in [0.2, 0.25) is 0 Å². The molecule has 2 N–H and O–H groups in total. The molecule has 1 atom stereocenters. The second kappa shape index (κ2) is 6.16. The van der Waals surface area contributed by atoms with Gasteiger partial charge in [-0.2, -0.15) is 0 Å². The quantitative estimate of drug-likeness (QED) is 0.612. The van der Waals surface area contributed by atoms with E-state index in [1.165, 1.54) is 0 Å². The van der Waals surface area contributed by atoms with Crippen LogP contribution in [0, 0.1) is 0 Å². The van der Waals surface area contributed by atoms with Crippen molar-refractivity contribution in [2.45, 2.75) is 32.7 Å². The first-order valence-corrected chi connectivity index (χ1v) is 4.14. The molecule has 0 aromatic rings. The molecular formula is C8H18N2O. The van der Waals surface area contributed by atoms with Gasteiger partial charge in [0, 0.05) is 6.04 Å². The van der Waals surface area contributed by atoms with Crippen LogP contribution in [-0.4, -0.2) is 25.5 Å². The van der Waals surface area contributed by atoms with Crippen molar-refractivity contribution >= 4 is 5.91 Å². The minimum atomic E-state index is 0.0773. The standard InChI is InChI=1S/C8H18N2O/c1-4-5-7(2)10-8(11)6-9-3/h7,9H,4-6H2,1-3H3,(H,10,11). The fourth-order valence-corrected chi connectivity index (χ4v) is 0.992. The Kier molecular flexibility index (Phi) is 5.84. The second-order valence-corrected chi connectivity index (χ2v) is 2.79. The van der Waals surface area contributed by atoms with Crippen molar-refractivity contribution in [2.75, 3.05) is 13.6 Å². The number of nitrogens with one attached hydrogen (secondary N) is 2. The van der Waals surface area contributed by atoms with Gasteiger partial charge in [0.25, 0.3) is 0 Å². The molecule has 0 heterocycles. The molecule has 11 heavy (non-hydrogen) atoms. The van der Waals surface area contributed by atoms with E-state index < -0.39 is 0 Å². The molecule has 0 saturated carbocycles. The van der Waals surface area contributed by atoms with Gasteiger partial charge < -0.3 is 10.6 Å². The summed E-state index contributed by atoms with van der Waals surface area (Å²) in [7, 11) is 1.77. The van der Waals surface area contributed by atoms with Gasteiger partial charge in [0.2, 0.25) is 5.91 Å². The summed E-state index contributed by atoms with van der Waals surface area (Å²) in [6.45, 7) is 4.55. The molecule has 0 rings (SSSR count). The van der Waals surface area contributed by atoms with Gasteiger partial charge in [-0.15, -0.1) is 0 Å². The predicted molar refractivity (Wildman–Crippen MR) is 46.4 cm³/mol. The molecule has 3 heteroatoms. The van der Waals surface area contributed by atoms with Crippen molar-refractivity contribution in [2.24, 2.45) is 0 Å². The zero-order chi connectivity index (χ0) is 8.69. The van der Waals surface area contributed by atoms with Crippen LogP contribution >= 0.6 is 0 Å². The summed E-state index contributed by atoms with van der Waals surface area (Å²) >= 11 is 0. The minimum absolute atomic E-state index is 0.0773. The van der Waals surface area contributed by atoms with Crippen LogP contribution in [0.3, 0.4) is 0 Å². The van der Waals surface area contributed by atoms with Crippen LogP contribution in [0.15, 0.2) is 0 Å². The van der Waals surface area contributed by atoms with Gasteiger partial charge in [0.1, 0.15) is 0 Å². The molecule has 66 valence electrons. The Hall–Kier alpha value is -0.570. The smallest absolute Gasteiger partial charge is 0.234 e. The number of hydrogen-bond donors (Lipinski definition) is 2. The molecule has 1 unspecified atom stereocenters. The van der Waals surface area contributed by atoms with Crippen LogP contribution in [0.5, 0.6) is 0 Å². The molecule has 0 aliphatic heterocycles. The van der Waals surface area contributed by atoms with Crippen LogP contribution in [0.1, 0.15) is 26.7 Å². The lowest BCUT2D eigenvalue weighted by atomic mass is 10.2. The summed E-state index contributed by atoms with van der Waals surface area (Å²) in [6.07, 6.45) is 2.16. The average Bonchev–Trinajstić information content (AvgIpc) is 1.87. The lowest BCUT2D eigenvalue weighted by molar-refractivity contribution is -0.120. The SMILES string of the molecule is CCCC(C)NC(=O)CNC. The van der Waals surface area contributed by atoms with Gasteiger partial charge in [-0.1, -0.05) is 13.3 Å². The first-order chi connectivity index (χ1) is 5.20. The molecule has 1 amide bonds. The maximum absolute atomic E-state index is 11.0. The molecule has 0 fully saturated rings. The number of rotatable bonds is 5. The Morgan fingerprint density at radius 1 is 1.55 bits per heavy atom. The predicted octanol–water partition coefficient (Wildman–Crippen LogP) is 0.511. The van der Waals surface area contributed by atoms with E-state index in [0.29, 0.717) is 12.6 Å². The lowest BCUT2D eigenvalue weighted by Crippen LogP contribution is -2.37. The maximum atomic E-state index is 11.0. The molecule has 0 aliphatic rings. The summed E-state index contributed by atoms with van der Waals surface area (Å²) in [4.78, 5) is 11.0. The van der Waals surface area contributed by atoms with E-state index in [9.17, 15) is 4.79 Å². The topological polar surface area (TPSA) is 41.1 Å². The van der Waals surface area contributed by atoms with Gasteiger partial charge in [0.05, 0.1) is 6.54 Å². The number of hydrogen-bond acceptors (Lipinski definition) is 2. The normalized spacial score (nSPS) is 12.6. The Morgan fingerprint density at radius 3 is 2.64 bits per heavy atom. The van der Waals surface area contributed by atoms with Gasteiger partial charge in [-0.05, 0) is 20.4 Å². The summed E-state index contributed by atoms with van der Waals surface area (Å²) in [5.41, 5.74) is 0. The molecular weight excluding hydrogens is 140 g/mol. The van der Waals surface area contributed by atoms with Crippen molar-refractivity contribution in [3.63, 3.8) is 0 Å². The summed E-state index contributed by atoms with van der Waals surface area (Å²) in [5, 5.41) is 5.68. The van der Waals surface area contributed by atoms with E-state index in [2.05, 4.69) is 17.6 Å². The van der Waals surface area contributed by atoms with Gasteiger partial charge in [-0.25, -0.2) is 0 Å². The highest BCUT2D eigenvalue weighted by Crippen LogP contribution is 1.93. The van der Waals surface area contributed by atoms with Crippen LogP contribution in [-0.2, 0) is 4.79 Å². The average molecular weight is 158 g/mol. The minimum Gasteiger partial charge on any atom is -0.353 e. The molecule has 0 aliphatic carbocycles. The summed E-state index contributed by atoms with van der Waals surface area (Å²) in [6, 6.07) is 0.306. The van der Waals surface area contributed by atoms with E-state index in [0.717, 1.165) is 12.8 Å². The Labute approximate surface area is 68.6 Å². The van der Waals surface area contributed by atoms with Crippen LogP contribution in [0.4, 0.5) is 0 Å². The number of carbonyl (C=O) groups excluding carboxylic acids is 1. The largest absolute Gasteiger partial charge is 0.353 e. The lowest BCUT2D eigenvalue weighted by Gasteiger charge is -2.11. The molecule has 0 saturated heterocycles. The fraction of sp³-hybridized carbons (Fsp3) is 0.875. The van der Waals surface area contributed by atoms with Crippen molar-refractivity contribution in [1.82, 2.24) is 10.6 Å². The third-order valence-corrected chi connectivity index (χ3v) is 1.47. The summed E-state index contributed by atoms with van der Waals surface area (Å²) in [5.74, 6) is 0.0773. The van der Waals surface area contributed by atoms with E-state index >= 15 is 0 Å². The molecule has 0 spiro atoms. The van der Waals surface area contributed by atoms with E-state index in [4.69, 9.17) is 0 Å². The first kappa shape index (κ1) is 10.4. The van der Waals surface area contributed by atoms with Gasteiger partial charge >= 0.3 is 0 Å².